The Morgan fingerprint density at radius 2 is 0.694 bits per heavy atom. The van der Waals surface area contributed by atoms with Gasteiger partial charge in [-0.3, -0.25) is 4.39 Å². The number of hydrogen-bond acceptors (Lipinski definition) is 0. The minimum absolute atomic E-state index is 0.119. The molecular weight excluding hydrogens is 439 g/mol. The Morgan fingerprint density at radius 3 is 1.06 bits per heavy atom. The highest BCUT2D eigenvalue weighted by Gasteiger charge is 2.34. The zero-order chi connectivity index (χ0) is 25.3. The van der Waals surface area contributed by atoms with Crippen molar-refractivity contribution in [1.82, 2.24) is 0 Å². The van der Waals surface area contributed by atoms with E-state index in [9.17, 15) is 4.39 Å². The molecule has 0 aromatic rings. The number of rotatable bonds is 18. The Hall–Kier alpha value is -0.0700. The highest BCUT2D eigenvalue weighted by atomic mass is 19.1. The fraction of sp³-hybridized carbons (Fsp3) is 1.00. The van der Waals surface area contributed by atoms with Crippen molar-refractivity contribution < 1.29 is 4.39 Å². The molecule has 3 fully saturated rings. The molecule has 0 unspecified atom stereocenters. The molecule has 3 aliphatic rings. The molecule has 0 spiro atoms. The molecule has 36 heavy (non-hydrogen) atoms. The van der Waals surface area contributed by atoms with Crippen LogP contribution in [0.2, 0.25) is 0 Å². The zero-order valence-electron chi connectivity index (χ0n) is 24.6. The first kappa shape index (κ1) is 30.5. The number of halogens is 1. The topological polar surface area (TPSA) is 0 Å². The van der Waals surface area contributed by atoms with E-state index in [0.29, 0.717) is 0 Å². The summed E-state index contributed by atoms with van der Waals surface area (Å²) in [6, 6.07) is 0. The maximum Gasteiger partial charge on any atom is 0.0894 e. The Bertz CT molecular complexity index is 491. The average Bonchev–Trinajstić information content (AvgIpc) is 2.93. The number of hydrogen-bond donors (Lipinski definition) is 0. The largest absolute Gasteiger partial charge is 0.251 e. The van der Waals surface area contributed by atoms with Gasteiger partial charge in [-0.2, -0.15) is 0 Å². The van der Waals surface area contributed by atoms with Crippen LogP contribution in [-0.2, 0) is 0 Å². The molecular formula is C35H65F. The van der Waals surface area contributed by atoms with Crippen LogP contribution in [0.5, 0.6) is 0 Å². The minimum Gasteiger partial charge on any atom is -0.251 e. The van der Waals surface area contributed by atoms with Crippen LogP contribution >= 0.6 is 0 Å². The van der Waals surface area contributed by atoms with Crippen LogP contribution in [0.3, 0.4) is 0 Å². The molecule has 1 heteroatoms. The molecule has 0 bridgehead atoms. The molecule has 3 aliphatic carbocycles. The fourth-order valence-electron chi connectivity index (χ4n) is 8.61. The molecule has 0 radical (unpaired) electrons. The molecule has 212 valence electrons. The second-order valence-electron chi connectivity index (χ2n) is 13.7. The smallest absolute Gasteiger partial charge is 0.0894 e. The van der Waals surface area contributed by atoms with Gasteiger partial charge in [0, 0.05) is 0 Å². The summed E-state index contributed by atoms with van der Waals surface area (Å²) in [5, 5.41) is 0. The lowest BCUT2D eigenvalue weighted by Crippen LogP contribution is -2.29. The van der Waals surface area contributed by atoms with Crippen LogP contribution in [-0.4, -0.2) is 6.67 Å². The Morgan fingerprint density at radius 1 is 0.389 bits per heavy atom. The van der Waals surface area contributed by atoms with Crippen molar-refractivity contribution in [2.75, 3.05) is 6.67 Å². The van der Waals surface area contributed by atoms with E-state index >= 15 is 0 Å². The summed E-state index contributed by atoms with van der Waals surface area (Å²) in [5.74, 6) is 6.39. The molecule has 0 N–H and O–H groups in total. The first-order valence-electron chi connectivity index (χ1n) is 17.4. The molecule has 0 aromatic heterocycles. The lowest BCUT2D eigenvalue weighted by molar-refractivity contribution is 0.102. The average molecular weight is 505 g/mol. The summed E-state index contributed by atoms with van der Waals surface area (Å²) in [5.41, 5.74) is 0. The third-order valence-corrected chi connectivity index (χ3v) is 11.1. The van der Waals surface area contributed by atoms with Gasteiger partial charge in [-0.25, -0.2) is 0 Å². The SMILES string of the molecule is CCCCCCCCCCC1CCC(C2CCC(C3CCC(CCCCCCCF)CC3)CC2)CC1. The standard InChI is InChI=1S/C35H65F/c1-2-3-4-5-6-7-9-12-15-30-17-21-32(22-18-30)34-25-27-35(28-26-34)33-23-19-31(20-24-33)16-13-10-8-11-14-29-36/h30-35H,2-29H2,1H3. The minimum atomic E-state index is -0.119. The van der Waals surface area contributed by atoms with Gasteiger partial charge in [-0.15, -0.1) is 0 Å². The van der Waals surface area contributed by atoms with Gasteiger partial charge in [0.2, 0.25) is 0 Å². The monoisotopic (exact) mass is 505 g/mol. The van der Waals surface area contributed by atoms with E-state index in [4.69, 9.17) is 0 Å². The molecule has 0 aliphatic heterocycles. The third-order valence-electron chi connectivity index (χ3n) is 11.1. The second-order valence-corrected chi connectivity index (χ2v) is 13.7. The summed E-state index contributed by atoms with van der Waals surface area (Å²) >= 11 is 0. The van der Waals surface area contributed by atoms with Gasteiger partial charge < -0.3 is 0 Å². The first-order chi connectivity index (χ1) is 17.8. The molecule has 3 rings (SSSR count). The third kappa shape index (κ3) is 11.8. The van der Waals surface area contributed by atoms with Gasteiger partial charge in [0.15, 0.2) is 0 Å². The van der Waals surface area contributed by atoms with Crippen molar-refractivity contribution in [3.63, 3.8) is 0 Å². The molecule has 0 aromatic carbocycles. The van der Waals surface area contributed by atoms with Crippen molar-refractivity contribution in [2.45, 2.75) is 180 Å². The predicted molar refractivity (Wildman–Crippen MR) is 157 cm³/mol. The highest BCUT2D eigenvalue weighted by molar-refractivity contribution is 4.86. The van der Waals surface area contributed by atoms with E-state index in [2.05, 4.69) is 6.92 Å². The highest BCUT2D eigenvalue weighted by Crippen LogP contribution is 2.46. The molecule has 3 saturated carbocycles. The second kappa shape index (κ2) is 19.1. The van der Waals surface area contributed by atoms with Crippen LogP contribution in [0.25, 0.3) is 0 Å². The van der Waals surface area contributed by atoms with Crippen LogP contribution in [0.4, 0.5) is 4.39 Å². The van der Waals surface area contributed by atoms with Gasteiger partial charge in [0.1, 0.15) is 0 Å². The quantitative estimate of drug-likeness (QED) is 0.163. The van der Waals surface area contributed by atoms with Crippen molar-refractivity contribution in [2.24, 2.45) is 35.5 Å². The Balaban J connectivity index is 1.18. The predicted octanol–water partition coefficient (Wildman–Crippen LogP) is 12.2. The summed E-state index contributed by atoms with van der Waals surface area (Å²) in [7, 11) is 0. The van der Waals surface area contributed by atoms with E-state index in [-0.39, 0.29) is 6.67 Å². The van der Waals surface area contributed by atoms with E-state index in [1.807, 2.05) is 0 Å². The van der Waals surface area contributed by atoms with Gasteiger partial charge in [-0.1, -0.05) is 122 Å². The van der Waals surface area contributed by atoms with Crippen molar-refractivity contribution in [3.05, 3.63) is 0 Å². The van der Waals surface area contributed by atoms with E-state index in [0.717, 1.165) is 48.3 Å². The van der Waals surface area contributed by atoms with E-state index in [1.54, 1.807) is 51.4 Å². The lowest BCUT2D eigenvalue weighted by atomic mass is 9.64. The Labute approximate surface area is 226 Å². The first-order valence-corrected chi connectivity index (χ1v) is 17.4. The zero-order valence-corrected chi connectivity index (χ0v) is 24.6. The van der Waals surface area contributed by atoms with Gasteiger partial charge in [0.05, 0.1) is 6.67 Å². The van der Waals surface area contributed by atoms with Crippen molar-refractivity contribution >= 4 is 0 Å². The summed E-state index contributed by atoms with van der Waals surface area (Å²) < 4.78 is 12.2. The maximum absolute atomic E-state index is 12.2. The molecule has 0 nitrogen and oxygen atoms in total. The van der Waals surface area contributed by atoms with Crippen LogP contribution < -0.4 is 0 Å². The normalized spacial score (nSPS) is 31.5. The van der Waals surface area contributed by atoms with Crippen molar-refractivity contribution in [3.8, 4) is 0 Å². The van der Waals surface area contributed by atoms with E-state index < -0.39 is 0 Å². The summed E-state index contributed by atoms with van der Waals surface area (Å²) in [6.45, 7) is 2.20. The van der Waals surface area contributed by atoms with Crippen LogP contribution in [0, 0.1) is 35.5 Å². The van der Waals surface area contributed by atoms with Crippen LogP contribution in [0.1, 0.15) is 180 Å². The Kier molecular flexibility index (Phi) is 16.1. The maximum atomic E-state index is 12.2. The molecule has 0 atom stereocenters. The number of alkyl halides is 1. The fourth-order valence-corrected chi connectivity index (χ4v) is 8.61. The summed E-state index contributed by atoms with van der Waals surface area (Å²) in [4.78, 5) is 0. The summed E-state index contributed by atoms with van der Waals surface area (Å²) in [6.07, 6.45) is 39.2. The van der Waals surface area contributed by atoms with Gasteiger partial charge in [-0.05, 0) is 93.3 Å². The molecule has 0 heterocycles. The van der Waals surface area contributed by atoms with Gasteiger partial charge in [0.25, 0.3) is 0 Å². The molecule has 0 saturated heterocycles. The van der Waals surface area contributed by atoms with Crippen molar-refractivity contribution in [1.29, 1.82) is 0 Å². The van der Waals surface area contributed by atoms with Crippen LogP contribution in [0.15, 0.2) is 0 Å². The lowest BCUT2D eigenvalue weighted by Gasteiger charge is -2.41. The van der Waals surface area contributed by atoms with Gasteiger partial charge >= 0.3 is 0 Å². The number of unbranched alkanes of at least 4 members (excludes halogenated alkanes) is 11. The van der Waals surface area contributed by atoms with E-state index in [1.165, 1.54) is 109 Å². The molecule has 0 amide bonds.